The Hall–Kier alpha value is -0.220. The molecule has 0 aliphatic heterocycles. The van der Waals surface area contributed by atoms with E-state index in [9.17, 15) is 4.79 Å². The minimum absolute atomic E-state index is 0.137. The maximum atomic E-state index is 10.7. The second-order valence-electron chi connectivity index (χ2n) is 1.91. The van der Waals surface area contributed by atoms with Crippen LogP contribution in [0.15, 0.2) is 0 Å². The summed E-state index contributed by atoms with van der Waals surface area (Å²) in [6.45, 7) is 4.51. The monoisotopic (exact) mass is 210 g/mol. The topological polar surface area (TPSA) is 54.0 Å². The van der Waals surface area contributed by atoms with Crippen molar-refractivity contribution >= 4 is 14.6 Å². The van der Waals surface area contributed by atoms with Gasteiger partial charge in [-0.05, 0) is 13.8 Å². The van der Waals surface area contributed by atoms with Gasteiger partial charge in [0.25, 0.3) is 0 Å². The number of ether oxygens (including phenoxy) is 1. The SMILES string of the molecule is CCOP(OCC)OCC(=O)OC. The van der Waals surface area contributed by atoms with E-state index < -0.39 is 14.6 Å². The number of hydrogen-bond donors (Lipinski definition) is 0. The maximum Gasteiger partial charge on any atom is 0.333 e. The van der Waals surface area contributed by atoms with Crippen molar-refractivity contribution in [1.29, 1.82) is 0 Å². The minimum atomic E-state index is -1.40. The lowest BCUT2D eigenvalue weighted by atomic mass is 10.8. The average Bonchev–Trinajstić information content (AvgIpc) is 2.14. The van der Waals surface area contributed by atoms with Gasteiger partial charge < -0.3 is 18.3 Å². The Labute approximate surface area is 79.3 Å². The van der Waals surface area contributed by atoms with Gasteiger partial charge in [0.15, 0.2) is 6.61 Å². The fourth-order valence-corrected chi connectivity index (χ4v) is 1.34. The first kappa shape index (κ1) is 12.8. The van der Waals surface area contributed by atoms with Crippen LogP contribution in [-0.4, -0.2) is 32.9 Å². The van der Waals surface area contributed by atoms with Crippen LogP contribution in [0, 0.1) is 0 Å². The van der Waals surface area contributed by atoms with Crippen LogP contribution < -0.4 is 0 Å². The van der Waals surface area contributed by atoms with Crippen molar-refractivity contribution in [2.45, 2.75) is 13.8 Å². The first-order chi connectivity index (χ1) is 6.24. The molecule has 0 amide bonds. The fraction of sp³-hybridized carbons (Fsp3) is 0.857. The molecule has 78 valence electrons. The molecule has 0 aliphatic carbocycles. The van der Waals surface area contributed by atoms with E-state index in [0.29, 0.717) is 13.2 Å². The summed E-state index contributed by atoms with van der Waals surface area (Å²) < 4.78 is 19.6. The van der Waals surface area contributed by atoms with Gasteiger partial charge in [0.1, 0.15) is 0 Å². The summed E-state index contributed by atoms with van der Waals surface area (Å²) in [5.41, 5.74) is 0. The van der Waals surface area contributed by atoms with Crippen LogP contribution in [0.1, 0.15) is 13.8 Å². The van der Waals surface area contributed by atoms with Gasteiger partial charge >= 0.3 is 14.6 Å². The second-order valence-corrected chi connectivity index (χ2v) is 3.13. The molecule has 0 aliphatic rings. The summed E-state index contributed by atoms with van der Waals surface area (Å²) in [7, 11) is -0.0990. The molecule has 0 heterocycles. The smallest absolute Gasteiger partial charge is 0.333 e. The van der Waals surface area contributed by atoms with Crippen molar-refractivity contribution in [3.05, 3.63) is 0 Å². The zero-order valence-corrected chi connectivity index (χ0v) is 9.00. The van der Waals surface area contributed by atoms with Crippen LogP contribution in [0.2, 0.25) is 0 Å². The van der Waals surface area contributed by atoms with Crippen LogP contribution in [0.3, 0.4) is 0 Å². The van der Waals surface area contributed by atoms with Crippen LogP contribution in [-0.2, 0) is 23.1 Å². The fourth-order valence-electron chi connectivity index (χ4n) is 0.487. The van der Waals surface area contributed by atoms with E-state index >= 15 is 0 Å². The standard InChI is InChI=1S/C7H15O5P/c1-4-10-13(11-5-2)12-6-7(8)9-3/h4-6H2,1-3H3. The van der Waals surface area contributed by atoms with Crippen molar-refractivity contribution < 1.29 is 23.1 Å². The van der Waals surface area contributed by atoms with Crippen molar-refractivity contribution in [1.82, 2.24) is 0 Å². The molecule has 0 aromatic carbocycles. The van der Waals surface area contributed by atoms with E-state index in [4.69, 9.17) is 13.6 Å². The average molecular weight is 210 g/mol. The maximum absolute atomic E-state index is 10.7. The van der Waals surface area contributed by atoms with Gasteiger partial charge in [-0.1, -0.05) is 0 Å². The third-order valence-corrected chi connectivity index (χ3v) is 2.26. The number of carbonyl (C=O) groups excluding carboxylic acids is 1. The van der Waals surface area contributed by atoms with E-state index in [2.05, 4.69) is 4.74 Å². The highest BCUT2D eigenvalue weighted by molar-refractivity contribution is 7.41. The van der Waals surface area contributed by atoms with Gasteiger partial charge in [0, 0.05) is 0 Å². The number of carbonyl (C=O) groups is 1. The summed E-state index contributed by atoms with van der Waals surface area (Å²) in [6.07, 6.45) is 0. The summed E-state index contributed by atoms with van der Waals surface area (Å²) in [5.74, 6) is -0.438. The first-order valence-electron chi connectivity index (χ1n) is 4.00. The Morgan fingerprint density at radius 3 is 2.08 bits per heavy atom. The summed E-state index contributed by atoms with van der Waals surface area (Å²) in [6, 6.07) is 0. The van der Waals surface area contributed by atoms with Crippen LogP contribution in [0.5, 0.6) is 0 Å². The minimum Gasteiger partial charge on any atom is -0.467 e. The van der Waals surface area contributed by atoms with E-state index in [1.165, 1.54) is 7.11 Å². The van der Waals surface area contributed by atoms with Crippen LogP contribution in [0.4, 0.5) is 0 Å². The lowest BCUT2D eigenvalue weighted by Crippen LogP contribution is -2.09. The molecule has 0 rings (SSSR count). The highest BCUT2D eigenvalue weighted by Crippen LogP contribution is 2.38. The van der Waals surface area contributed by atoms with Gasteiger partial charge in [-0.2, -0.15) is 0 Å². The van der Waals surface area contributed by atoms with E-state index in [1.54, 1.807) is 0 Å². The Morgan fingerprint density at radius 1 is 1.15 bits per heavy atom. The van der Waals surface area contributed by atoms with Gasteiger partial charge in [-0.15, -0.1) is 0 Å². The Balaban J connectivity index is 3.61. The molecule has 0 saturated heterocycles. The van der Waals surface area contributed by atoms with E-state index in [0.717, 1.165) is 0 Å². The lowest BCUT2D eigenvalue weighted by molar-refractivity contribution is -0.143. The number of methoxy groups -OCH3 is 1. The Bertz CT molecular complexity index is 135. The lowest BCUT2D eigenvalue weighted by Gasteiger charge is -2.13. The molecular weight excluding hydrogens is 195 g/mol. The summed E-state index contributed by atoms with van der Waals surface area (Å²) in [4.78, 5) is 10.7. The Morgan fingerprint density at radius 2 is 1.69 bits per heavy atom. The zero-order chi connectivity index (χ0) is 10.1. The van der Waals surface area contributed by atoms with Crippen molar-refractivity contribution in [3.8, 4) is 0 Å². The predicted octanol–water partition coefficient (Wildman–Crippen LogP) is 1.48. The number of rotatable bonds is 7. The summed E-state index contributed by atoms with van der Waals surface area (Å²) >= 11 is 0. The third-order valence-electron chi connectivity index (χ3n) is 0.984. The molecule has 0 atom stereocenters. The molecule has 0 aromatic heterocycles. The summed E-state index contributed by atoms with van der Waals surface area (Å²) in [5, 5.41) is 0. The van der Waals surface area contributed by atoms with Crippen molar-refractivity contribution in [2.24, 2.45) is 0 Å². The number of hydrogen-bond acceptors (Lipinski definition) is 5. The third kappa shape index (κ3) is 6.90. The van der Waals surface area contributed by atoms with Gasteiger partial charge in [-0.25, -0.2) is 4.79 Å². The van der Waals surface area contributed by atoms with Crippen LogP contribution in [0.25, 0.3) is 0 Å². The number of esters is 1. The van der Waals surface area contributed by atoms with Gasteiger partial charge in [0.05, 0.1) is 20.3 Å². The Kier molecular flexibility index (Phi) is 8.24. The highest BCUT2D eigenvalue weighted by Gasteiger charge is 2.13. The molecular formula is C7H15O5P. The molecule has 0 spiro atoms. The molecule has 0 radical (unpaired) electrons. The van der Waals surface area contributed by atoms with Gasteiger partial charge in [0.2, 0.25) is 0 Å². The predicted molar refractivity (Wildman–Crippen MR) is 48.1 cm³/mol. The largest absolute Gasteiger partial charge is 0.467 e. The highest BCUT2D eigenvalue weighted by atomic mass is 31.2. The van der Waals surface area contributed by atoms with Gasteiger partial charge in [-0.3, -0.25) is 0 Å². The molecule has 0 bridgehead atoms. The second kappa shape index (κ2) is 8.38. The van der Waals surface area contributed by atoms with Crippen molar-refractivity contribution in [2.75, 3.05) is 26.9 Å². The normalized spacial score (nSPS) is 10.5. The van der Waals surface area contributed by atoms with Crippen LogP contribution >= 0.6 is 8.60 Å². The molecule has 0 saturated carbocycles. The molecule has 5 nitrogen and oxygen atoms in total. The van der Waals surface area contributed by atoms with E-state index in [-0.39, 0.29) is 6.61 Å². The molecule has 0 fully saturated rings. The molecule has 13 heavy (non-hydrogen) atoms. The molecule has 6 heteroatoms. The molecule has 0 aromatic rings. The quantitative estimate of drug-likeness (QED) is 0.470. The first-order valence-corrected chi connectivity index (χ1v) is 5.09. The molecule has 0 N–H and O–H groups in total. The molecule has 0 unspecified atom stereocenters. The zero-order valence-electron chi connectivity index (χ0n) is 8.11. The van der Waals surface area contributed by atoms with E-state index in [1.807, 2.05) is 13.8 Å². The van der Waals surface area contributed by atoms with Crippen molar-refractivity contribution in [3.63, 3.8) is 0 Å².